The molecule has 0 aliphatic rings. The predicted octanol–water partition coefficient (Wildman–Crippen LogP) is 3.69. The van der Waals surface area contributed by atoms with E-state index in [1.54, 1.807) is 18.4 Å². The molecule has 2 rings (SSSR count). The smallest absolute Gasteiger partial charge is 0.328 e. The van der Waals surface area contributed by atoms with Gasteiger partial charge >= 0.3 is 5.97 Å². The minimum atomic E-state index is -0.644. The topological polar surface area (TPSA) is 44.1 Å². The number of alkyl halides is 1. The fourth-order valence-electron chi connectivity index (χ4n) is 2.03. The van der Waals surface area contributed by atoms with Gasteiger partial charge in [-0.15, -0.1) is 11.6 Å². The molecule has 0 saturated carbocycles. The highest BCUT2D eigenvalue weighted by molar-refractivity contribution is 6.31. The summed E-state index contributed by atoms with van der Waals surface area (Å²) in [6.07, 6.45) is 0. The SMILES string of the molecule is CCOC(=O)C(C)n1c(CCl)nc2cc(Cl)c(F)cc21. The van der Waals surface area contributed by atoms with Crippen molar-refractivity contribution in [2.24, 2.45) is 0 Å². The Bertz CT molecular complexity index is 657. The van der Waals surface area contributed by atoms with Gasteiger partial charge in [-0.05, 0) is 19.9 Å². The normalized spacial score (nSPS) is 12.7. The summed E-state index contributed by atoms with van der Waals surface area (Å²) in [5.74, 6) is -0.438. The Morgan fingerprint density at radius 1 is 1.55 bits per heavy atom. The number of hydrogen-bond donors (Lipinski definition) is 0. The number of hydrogen-bond acceptors (Lipinski definition) is 3. The number of aromatic nitrogens is 2. The van der Waals surface area contributed by atoms with E-state index in [-0.39, 0.29) is 17.5 Å². The Hall–Kier alpha value is -1.33. The van der Waals surface area contributed by atoms with E-state index >= 15 is 0 Å². The molecule has 0 N–H and O–H groups in total. The first-order valence-electron chi connectivity index (χ1n) is 6.08. The first-order valence-corrected chi connectivity index (χ1v) is 6.99. The molecule has 0 aliphatic carbocycles. The summed E-state index contributed by atoms with van der Waals surface area (Å²) < 4.78 is 20.2. The van der Waals surface area contributed by atoms with Crippen LogP contribution in [-0.4, -0.2) is 22.1 Å². The number of carbonyl (C=O) groups excluding carboxylic acids is 1. The molecule has 0 amide bonds. The minimum absolute atomic E-state index is 0.0212. The molecule has 0 saturated heterocycles. The van der Waals surface area contributed by atoms with Crippen molar-refractivity contribution in [2.75, 3.05) is 6.61 Å². The molecule has 1 unspecified atom stereocenters. The fraction of sp³-hybridized carbons (Fsp3) is 0.385. The van der Waals surface area contributed by atoms with Crippen LogP contribution in [0.5, 0.6) is 0 Å². The van der Waals surface area contributed by atoms with Gasteiger partial charge in [0.25, 0.3) is 0 Å². The number of ether oxygens (including phenoxy) is 1. The highest BCUT2D eigenvalue weighted by atomic mass is 35.5. The van der Waals surface area contributed by atoms with E-state index in [0.29, 0.717) is 16.9 Å². The van der Waals surface area contributed by atoms with Crippen LogP contribution in [0.15, 0.2) is 12.1 Å². The quantitative estimate of drug-likeness (QED) is 0.638. The Balaban J connectivity index is 2.60. The molecule has 0 aliphatic heterocycles. The van der Waals surface area contributed by atoms with E-state index < -0.39 is 17.8 Å². The monoisotopic (exact) mass is 318 g/mol. The van der Waals surface area contributed by atoms with Gasteiger partial charge in [-0.2, -0.15) is 0 Å². The zero-order valence-electron chi connectivity index (χ0n) is 11.0. The van der Waals surface area contributed by atoms with Gasteiger partial charge in [-0.25, -0.2) is 14.2 Å². The molecule has 2 aromatic rings. The van der Waals surface area contributed by atoms with Crippen LogP contribution in [0, 0.1) is 5.82 Å². The molecule has 1 aromatic heterocycles. The lowest BCUT2D eigenvalue weighted by Crippen LogP contribution is -2.20. The van der Waals surface area contributed by atoms with Crippen LogP contribution in [0.3, 0.4) is 0 Å². The summed E-state index contributed by atoms with van der Waals surface area (Å²) >= 11 is 11.6. The number of esters is 1. The van der Waals surface area contributed by atoms with Crippen LogP contribution in [0.25, 0.3) is 11.0 Å². The molecule has 0 bridgehead atoms. The van der Waals surface area contributed by atoms with Crippen molar-refractivity contribution in [2.45, 2.75) is 25.8 Å². The number of nitrogens with zero attached hydrogens (tertiary/aromatic N) is 2. The largest absolute Gasteiger partial charge is 0.464 e. The van der Waals surface area contributed by atoms with Crippen LogP contribution in [-0.2, 0) is 15.4 Å². The van der Waals surface area contributed by atoms with Gasteiger partial charge in [0.1, 0.15) is 17.7 Å². The second-order valence-electron chi connectivity index (χ2n) is 4.21. The van der Waals surface area contributed by atoms with Gasteiger partial charge in [0.2, 0.25) is 0 Å². The Morgan fingerprint density at radius 3 is 2.85 bits per heavy atom. The number of carbonyl (C=O) groups is 1. The predicted molar refractivity (Wildman–Crippen MR) is 75.6 cm³/mol. The van der Waals surface area contributed by atoms with Crippen molar-refractivity contribution in [3.05, 3.63) is 28.8 Å². The maximum absolute atomic E-state index is 13.6. The molecule has 0 spiro atoms. The van der Waals surface area contributed by atoms with E-state index in [0.717, 1.165) is 0 Å². The molecule has 20 heavy (non-hydrogen) atoms. The maximum atomic E-state index is 13.6. The molecule has 108 valence electrons. The summed E-state index contributed by atoms with van der Waals surface area (Å²) in [6, 6.07) is 2.02. The average molecular weight is 319 g/mol. The van der Waals surface area contributed by atoms with Crippen molar-refractivity contribution in [3.8, 4) is 0 Å². The highest BCUT2D eigenvalue weighted by Gasteiger charge is 2.23. The number of fused-ring (bicyclic) bond motifs is 1. The van der Waals surface area contributed by atoms with Gasteiger partial charge in [-0.3, -0.25) is 0 Å². The summed E-state index contributed by atoms with van der Waals surface area (Å²) in [7, 11) is 0. The third-order valence-corrected chi connectivity index (χ3v) is 3.47. The lowest BCUT2D eigenvalue weighted by atomic mass is 10.2. The number of rotatable bonds is 4. The van der Waals surface area contributed by atoms with Crippen molar-refractivity contribution in [3.63, 3.8) is 0 Å². The first-order chi connectivity index (χ1) is 9.49. The van der Waals surface area contributed by atoms with Crippen molar-refractivity contribution in [1.82, 2.24) is 9.55 Å². The van der Waals surface area contributed by atoms with Crippen LogP contribution in [0.2, 0.25) is 5.02 Å². The van der Waals surface area contributed by atoms with Gasteiger partial charge < -0.3 is 9.30 Å². The molecule has 1 atom stereocenters. The maximum Gasteiger partial charge on any atom is 0.328 e. The molecule has 0 fully saturated rings. The zero-order valence-corrected chi connectivity index (χ0v) is 12.5. The zero-order chi connectivity index (χ0) is 14.9. The van der Waals surface area contributed by atoms with Crippen molar-refractivity contribution in [1.29, 1.82) is 0 Å². The number of benzene rings is 1. The van der Waals surface area contributed by atoms with Crippen LogP contribution in [0.4, 0.5) is 4.39 Å². The molecule has 7 heteroatoms. The molecular weight excluding hydrogens is 306 g/mol. The van der Waals surface area contributed by atoms with Crippen LogP contribution >= 0.6 is 23.2 Å². The Kier molecular flexibility index (Phi) is 4.50. The Labute approximate surface area is 125 Å². The van der Waals surface area contributed by atoms with Crippen LogP contribution in [0.1, 0.15) is 25.7 Å². The summed E-state index contributed by atoms with van der Waals surface area (Å²) in [5, 5.41) is -0.0212. The molecule has 0 radical (unpaired) electrons. The van der Waals surface area contributed by atoms with E-state index in [1.807, 2.05) is 0 Å². The van der Waals surface area contributed by atoms with Gasteiger partial charge in [0, 0.05) is 6.07 Å². The van der Waals surface area contributed by atoms with E-state index in [4.69, 9.17) is 27.9 Å². The summed E-state index contributed by atoms with van der Waals surface area (Å²) in [4.78, 5) is 16.1. The standard InChI is InChI=1S/C13H13Cl2FN2O2/c1-3-20-13(19)7(2)18-11-5-9(16)8(15)4-10(11)17-12(18)6-14/h4-5,7H,3,6H2,1-2H3. The second kappa shape index (κ2) is 5.97. The van der Waals surface area contributed by atoms with E-state index in [1.165, 1.54) is 12.1 Å². The second-order valence-corrected chi connectivity index (χ2v) is 4.89. The molecule has 1 aromatic carbocycles. The van der Waals surface area contributed by atoms with Crippen molar-refractivity contribution >= 4 is 40.2 Å². The summed E-state index contributed by atoms with van der Waals surface area (Å²) in [5.41, 5.74) is 0.950. The minimum Gasteiger partial charge on any atom is -0.464 e. The number of imidazole rings is 1. The van der Waals surface area contributed by atoms with E-state index in [2.05, 4.69) is 4.98 Å². The molecular formula is C13H13Cl2FN2O2. The number of halogens is 3. The van der Waals surface area contributed by atoms with Crippen molar-refractivity contribution < 1.29 is 13.9 Å². The average Bonchev–Trinajstić information content (AvgIpc) is 2.76. The highest BCUT2D eigenvalue weighted by Crippen LogP contribution is 2.27. The van der Waals surface area contributed by atoms with Gasteiger partial charge in [-0.1, -0.05) is 11.6 Å². The molecule has 1 heterocycles. The lowest BCUT2D eigenvalue weighted by molar-refractivity contribution is -0.146. The summed E-state index contributed by atoms with van der Waals surface area (Å²) in [6.45, 7) is 3.65. The first kappa shape index (κ1) is 15.1. The van der Waals surface area contributed by atoms with Gasteiger partial charge in [0.05, 0.1) is 28.5 Å². The molecule has 4 nitrogen and oxygen atoms in total. The fourth-order valence-corrected chi connectivity index (χ4v) is 2.38. The van der Waals surface area contributed by atoms with Crippen LogP contribution < -0.4 is 0 Å². The third kappa shape index (κ3) is 2.60. The lowest BCUT2D eigenvalue weighted by Gasteiger charge is -2.15. The van der Waals surface area contributed by atoms with E-state index in [9.17, 15) is 9.18 Å². The Morgan fingerprint density at radius 2 is 2.25 bits per heavy atom. The third-order valence-electron chi connectivity index (χ3n) is 2.94. The van der Waals surface area contributed by atoms with Gasteiger partial charge in [0.15, 0.2) is 0 Å².